The van der Waals surface area contributed by atoms with Crippen molar-refractivity contribution in [3.63, 3.8) is 0 Å². The number of nitrogens with one attached hydrogen (secondary N) is 4. The van der Waals surface area contributed by atoms with Crippen LogP contribution in [0.4, 0.5) is 23.5 Å². The molecule has 0 aliphatic rings. The Kier molecular flexibility index (Phi) is 22.1. The molecule has 4 aromatic heterocycles. The molecule has 0 radical (unpaired) electrons. The molecule has 236 valence electrons. The molecule has 1 aromatic carbocycles. The Morgan fingerprint density at radius 1 is 0.690 bits per heavy atom. The predicted octanol–water partition coefficient (Wildman–Crippen LogP) is -9.56. The number of aromatic nitrogens is 8. The summed E-state index contributed by atoms with van der Waals surface area (Å²) in [5.41, 5.74) is 24.4. The first-order chi connectivity index (χ1) is 16.7. The van der Waals surface area contributed by atoms with Crippen molar-refractivity contribution in [3.05, 3.63) is 48.0 Å². The number of benzene rings is 1. The summed E-state index contributed by atoms with van der Waals surface area (Å²) in [5.74, 6) is -1.63. The number of aliphatic carboxylic acids is 1. The van der Waals surface area contributed by atoms with Crippen molar-refractivity contribution in [2.75, 3.05) is 22.9 Å². The highest BCUT2D eigenvalue weighted by Gasteiger charge is 2.11. The van der Waals surface area contributed by atoms with Gasteiger partial charge in [-0.2, -0.15) is 9.97 Å². The molecule has 0 spiro atoms. The highest BCUT2D eigenvalue weighted by atomic mass is 16.4. The van der Waals surface area contributed by atoms with Crippen LogP contribution in [0.5, 0.6) is 0 Å². The van der Waals surface area contributed by atoms with E-state index in [1.807, 2.05) is 0 Å². The number of aromatic carboxylic acids is 1. The molecule has 0 atom stereocenters. The molecule has 0 aliphatic heterocycles. The van der Waals surface area contributed by atoms with Gasteiger partial charge in [-0.25, -0.2) is 9.97 Å². The third-order valence-electron chi connectivity index (χ3n) is 4.33. The van der Waals surface area contributed by atoms with Gasteiger partial charge in [-0.3, -0.25) is 9.97 Å². The van der Waals surface area contributed by atoms with Gasteiger partial charge in [-0.05, 0) is 5.56 Å². The number of carbonyl (C=O) groups excluding carboxylic acids is 2. The Hall–Kier alpha value is -5.82. The van der Waals surface area contributed by atoms with Gasteiger partial charge in [0.1, 0.15) is 0 Å². The highest BCUT2D eigenvalue weighted by Crippen LogP contribution is 2.11. The SMILES string of the molecule is Nc1nc(N)c2[nH]c[nH+]c2n1.Nc1nc(N)c2[nH]c[nH+]c2n1.O.O.O.O.O.O.O.O=C([O-])Cc1ccccc1C(=O)[O-]. The number of carboxylic acids is 2. The van der Waals surface area contributed by atoms with Crippen molar-refractivity contribution in [2.45, 2.75) is 6.42 Å². The quantitative estimate of drug-likeness (QED) is 0.111. The lowest BCUT2D eigenvalue weighted by molar-refractivity contribution is -0.347. The molecule has 0 bridgehead atoms. The number of fused-ring (bicyclic) bond motifs is 2. The van der Waals surface area contributed by atoms with Gasteiger partial charge in [0, 0.05) is 18.0 Å². The van der Waals surface area contributed by atoms with E-state index >= 15 is 0 Å². The first-order valence-electron chi connectivity index (χ1n) is 9.70. The number of nitrogen functional groups attached to an aromatic ring is 4. The first kappa shape index (κ1) is 46.1. The molecule has 23 nitrogen and oxygen atoms in total. The number of hydrogen-bond acceptors (Lipinski definition) is 12. The van der Waals surface area contributed by atoms with E-state index in [0.29, 0.717) is 34.0 Å². The van der Waals surface area contributed by atoms with Crippen LogP contribution in [0.15, 0.2) is 36.9 Å². The second-order valence-corrected chi connectivity index (χ2v) is 6.74. The fourth-order valence-corrected chi connectivity index (χ4v) is 2.87. The molecule has 5 rings (SSSR count). The van der Waals surface area contributed by atoms with E-state index < -0.39 is 18.4 Å². The molecule has 0 unspecified atom stereocenters. The van der Waals surface area contributed by atoms with E-state index in [2.05, 4.69) is 39.9 Å². The maximum Gasteiger partial charge on any atom is 0.307 e. The summed E-state index contributed by atoms with van der Waals surface area (Å²) in [4.78, 5) is 47.4. The van der Waals surface area contributed by atoms with E-state index in [1.165, 1.54) is 18.2 Å². The average Bonchev–Trinajstić information content (AvgIpc) is 3.44. The summed E-state index contributed by atoms with van der Waals surface area (Å²) in [6.45, 7) is 0. The van der Waals surface area contributed by atoms with Crippen LogP contribution in [0.3, 0.4) is 0 Å². The Morgan fingerprint density at radius 3 is 1.48 bits per heavy atom. The number of H-pyrrole nitrogens is 4. The molecule has 4 heterocycles. The Morgan fingerprint density at radius 2 is 1.10 bits per heavy atom. The standard InChI is InChI=1S/C9H8O4.2C5H6N6.7H2O/c10-8(11)5-6-3-1-2-4-7(6)9(12)13;2*6-3-2-4(9-1-8-2)11-5(7)10-3;;;;;;;/h1-4H,5H2,(H,10,11)(H,12,13);2*1H,(H5,6,7,8,9,10,11);7*1H2. The molecule has 0 fully saturated rings. The number of nitrogens with zero attached hydrogens (tertiary/aromatic N) is 4. The number of carboxylic acid groups (broad SMARTS) is 2. The van der Waals surface area contributed by atoms with Gasteiger partial charge in [0.05, 0.1) is 5.97 Å². The minimum atomic E-state index is -1.38. The van der Waals surface area contributed by atoms with Crippen LogP contribution in [-0.4, -0.2) is 80.2 Å². The summed E-state index contributed by atoms with van der Waals surface area (Å²) in [6, 6.07) is 5.78. The van der Waals surface area contributed by atoms with E-state index in [1.54, 1.807) is 18.7 Å². The van der Waals surface area contributed by atoms with Gasteiger partial charge in [0.25, 0.3) is 11.9 Å². The normalized spacial score (nSPS) is 8.48. The number of nitrogens with two attached hydrogens (primary N) is 4. The van der Waals surface area contributed by atoms with Crippen LogP contribution >= 0.6 is 0 Å². The predicted molar refractivity (Wildman–Crippen MR) is 143 cm³/mol. The topological polar surface area (TPSA) is 516 Å². The zero-order chi connectivity index (χ0) is 25.5. The number of rotatable bonds is 3. The van der Waals surface area contributed by atoms with Gasteiger partial charge in [0.15, 0.2) is 24.3 Å². The van der Waals surface area contributed by atoms with Crippen LogP contribution in [0.2, 0.25) is 0 Å². The Balaban J connectivity index is -0.000000151. The summed E-state index contributed by atoms with van der Waals surface area (Å²) in [7, 11) is 0. The van der Waals surface area contributed by atoms with Gasteiger partial charge < -0.3 is 81.1 Å². The molecule has 26 N–H and O–H groups in total. The summed E-state index contributed by atoms with van der Waals surface area (Å²) in [6.07, 6.45) is 2.83. The van der Waals surface area contributed by atoms with Crippen LogP contribution in [-0.2, 0) is 11.2 Å². The maximum atomic E-state index is 10.5. The molecule has 0 aliphatic carbocycles. The molecule has 0 saturated carbocycles. The third-order valence-corrected chi connectivity index (χ3v) is 4.33. The fourth-order valence-electron chi connectivity index (χ4n) is 2.87. The van der Waals surface area contributed by atoms with Crippen molar-refractivity contribution in [2.24, 2.45) is 0 Å². The largest absolute Gasteiger partial charge is 0.550 e. The van der Waals surface area contributed by atoms with Crippen LogP contribution in [0.25, 0.3) is 22.3 Å². The van der Waals surface area contributed by atoms with Gasteiger partial charge in [-0.1, -0.05) is 34.2 Å². The average molecular weight is 607 g/mol. The fraction of sp³-hybridized carbons (Fsp3) is 0.0526. The Bertz CT molecular complexity index is 1430. The number of carbonyl (C=O) groups is 2. The number of anilines is 4. The minimum Gasteiger partial charge on any atom is -0.550 e. The Labute approximate surface area is 233 Å². The van der Waals surface area contributed by atoms with Gasteiger partial charge in [0.2, 0.25) is 11.0 Å². The summed E-state index contributed by atoms with van der Waals surface area (Å²) in [5, 5.41) is 20.7. The van der Waals surface area contributed by atoms with Crippen molar-refractivity contribution >= 4 is 57.8 Å². The van der Waals surface area contributed by atoms with Crippen molar-refractivity contribution in [3.8, 4) is 0 Å². The van der Waals surface area contributed by atoms with Crippen LogP contribution < -0.4 is 43.1 Å². The first-order valence-corrected chi connectivity index (χ1v) is 9.70. The minimum absolute atomic E-state index is 0. The molecule has 5 aromatic rings. The van der Waals surface area contributed by atoms with E-state index in [0.717, 1.165) is 0 Å². The molecular weight excluding hydrogens is 572 g/mol. The number of aromatic amines is 4. The zero-order valence-corrected chi connectivity index (χ0v) is 21.4. The van der Waals surface area contributed by atoms with Crippen molar-refractivity contribution in [1.82, 2.24) is 29.9 Å². The molecule has 42 heavy (non-hydrogen) atoms. The van der Waals surface area contributed by atoms with E-state index in [-0.39, 0.29) is 61.4 Å². The maximum absolute atomic E-state index is 10.5. The molecule has 23 heteroatoms. The van der Waals surface area contributed by atoms with Crippen molar-refractivity contribution < 1.29 is 68.1 Å². The number of hydrogen-bond donors (Lipinski definition) is 6. The van der Waals surface area contributed by atoms with Gasteiger partial charge in [-0.15, -0.1) is 0 Å². The smallest absolute Gasteiger partial charge is 0.307 e. The third kappa shape index (κ3) is 11.5. The van der Waals surface area contributed by atoms with Crippen LogP contribution in [0.1, 0.15) is 15.9 Å². The molecular formula is C19H34N12O11. The zero-order valence-electron chi connectivity index (χ0n) is 21.4. The molecule has 0 amide bonds. The lowest BCUT2D eigenvalue weighted by atomic mass is 10.1. The van der Waals surface area contributed by atoms with E-state index in [9.17, 15) is 19.8 Å². The monoisotopic (exact) mass is 606 g/mol. The lowest BCUT2D eigenvalue weighted by Crippen LogP contribution is -2.28. The molecule has 0 saturated heterocycles. The summed E-state index contributed by atoms with van der Waals surface area (Å²) < 4.78 is 0. The summed E-state index contributed by atoms with van der Waals surface area (Å²) >= 11 is 0. The second-order valence-electron chi connectivity index (χ2n) is 6.74. The van der Waals surface area contributed by atoms with Gasteiger partial charge >= 0.3 is 11.3 Å². The second kappa shape index (κ2) is 20.1. The number of imidazole rings is 2. The van der Waals surface area contributed by atoms with Crippen LogP contribution in [0, 0.1) is 0 Å². The van der Waals surface area contributed by atoms with Crippen molar-refractivity contribution in [1.29, 1.82) is 0 Å². The highest BCUT2D eigenvalue weighted by molar-refractivity contribution is 5.89. The lowest BCUT2D eigenvalue weighted by Gasteiger charge is -2.09. The van der Waals surface area contributed by atoms with E-state index in [4.69, 9.17) is 22.9 Å².